The molecule has 0 amide bonds. The number of aromatic nitrogens is 2. The van der Waals surface area contributed by atoms with Crippen molar-refractivity contribution in [1.82, 2.24) is 9.97 Å². The van der Waals surface area contributed by atoms with E-state index in [0.29, 0.717) is 11.3 Å². The van der Waals surface area contributed by atoms with Crippen molar-refractivity contribution in [1.29, 1.82) is 0 Å². The Hall–Kier alpha value is -2.32. The Morgan fingerprint density at radius 3 is 2.33 bits per heavy atom. The molecule has 27 heavy (non-hydrogen) atoms. The Morgan fingerprint density at radius 1 is 1.11 bits per heavy atom. The summed E-state index contributed by atoms with van der Waals surface area (Å²) >= 11 is 0. The predicted octanol–water partition coefficient (Wildman–Crippen LogP) is 2.48. The van der Waals surface area contributed by atoms with Crippen molar-refractivity contribution in [2.24, 2.45) is 5.14 Å². The first-order valence-corrected chi connectivity index (χ1v) is 10.5. The fourth-order valence-corrected chi connectivity index (χ4v) is 3.46. The predicted molar refractivity (Wildman–Crippen MR) is 105 cm³/mol. The van der Waals surface area contributed by atoms with Gasteiger partial charge in [-0.05, 0) is 43.0 Å². The van der Waals surface area contributed by atoms with Crippen LogP contribution in [-0.2, 0) is 16.4 Å². The zero-order valence-corrected chi connectivity index (χ0v) is 16.8. The molecule has 0 aliphatic carbocycles. The number of rotatable bonds is 9. The van der Waals surface area contributed by atoms with Crippen LogP contribution in [0.5, 0.6) is 0 Å². The molecule has 0 unspecified atom stereocenters. The lowest BCUT2D eigenvalue weighted by Gasteiger charge is -2.22. The molecule has 1 heterocycles. The molecule has 2 aromatic rings. The van der Waals surface area contributed by atoms with Gasteiger partial charge in [-0.25, -0.2) is 23.5 Å². The van der Waals surface area contributed by atoms with Crippen molar-refractivity contribution in [3.8, 4) is 0 Å². The third kappa shape index (κ3) is 5.58. The van der Waals surface area contributed by atoms with Gasteiger partial charge in [0.05, 0.1) is 4.90 Å². The molecular formula is C19H26N4O3S. The Morgan fingerprint density at radius 2 is 1.78 bits per heavy atom. The molecular weight excluding hydrogens is 364 g/mol. The van der Waals surface area contributed by atoms with Gasteiger partial charge in [-0.15, -0.1) is 0 Å². The van der Waals surface area contributed by atoms with Gasteiger partial charge >= 0.3 is 0 Å². The normalized spacial score (nSPS) is 11.4. The summed E-state index contributed by atoms with van der Waals surface area (Å²) in [5.74, 6) is 0.608. The number of aryl methyl sites for hydroxylation is 1. The van der Waals surface area contributed by atoms with Crippen molar-refractivity contribution in [2.45, 2.75) is 44.9 Å². The molecule has 2 rings (SSSR count). The van der Waals surface area contributed by atoms with E-state index in [-0.39, 0.29) is 17.1 Å². The van der Waals surface area contributed by atoms with Crippen molar-refractivity contribution >= 4 is 21.6 Å². The van der Waals surface area contributed by atoms with Gasteiger partial charge in [0.25, 0.3) is 0 Å². The molecule has 0 saturated carbocycles. The fourth-order valence-electron chi connectivity index (χ4n) is 2.86. The van der Waals surface area contributed by atoms with Crippen LogP contribution in [0.3, 0.4) is 0 Å². The van der Waals surface area contributed by atoms with Crippen molar-refractivity contribution in [2.75, 3.05) is 18.0 Å². The molecule has 0 bridgehead atoms. The lowest BCUT2D eigenvalue weighted by atomic mass is 10.0. The average Bonchev–Trinajstić information content (AvgIpc) is 2.62. The smallest absolute Gasteiger partial charge is 0.238 e. The lowest BCUT2D eigenvalue weighted by Crippen LogP contribution is -2.26. The number of hydrogen-bond acceptors (Lipinski definition) is 6. The van der Waals surface area contributed by atoms with Gasteiger partial charge < -0.3 is 4.90 Å². The van der Waals surface area contributed by atoms with E-state index in [1.165, 1.54) is 18.5 Å². The second-order valence-corrected chi connectivity index (χ2v) is 8.04. The van der Waals surface area contributed by atoms with Crippen LogP contribution in [0.15, 0.2) is 35.5 Å². The molecule has 0 radical (unpaired) electrons. The first-order valence-electron chi connectivity index (χ1n) is 8.98. The average molecular weight is 391 g/mol. The highest BCUT2D eigenvalue weighted by molar-refractivity contribution is 7.89. The molecule has 1 aromatic carbocycles. The van der Waals surface area contributed by atoms with Gasteiger partial charge in [0.15, 0.2) is 5.78 Å². The van der Waals surface area contributed by atoms with Crippen LogP contribution < -0.4 is 10.0 Å². The number of sulfonamides is 1. The lowest BCUT2D eigenvalue weighted by molar-refractivity contribution is 0.0988. The molecule has 146 valence electrons. The van der Waals surface area contributed by atoms with Crippen LogP contribution in [0.2, 0.25) is 0 Å². The monoisotopic (exact) mass is 390 g/mol. The first kappa shape index (κ1) is 21.0. The third-order valence-corrected chi connectivity index (χ3v) is 5.15. The molecule has 7 nitrogen and oxygen atoms in total. The van der Waals surface area contributed by atoms with Crippen LogP contribution in [0.1, 0.15) is 48.3 Å². The highest BCUT2D eigenvalue weighted by Gasteiger charge is 2.15. The molecule has 0 atom stereocenters. The van der Waals surface area contributed by atoms with Gasteiger partial charge in [-0.1, -0.05) is 19.9 Å². The van der Waals surface area contributed by atoms with E-state index in [0.717, 1.165) is 37.3 Å². The SMILES string of the molecule is CCCN(CCC)c1cc(C(=O)Cc2ccc(S(N)(=O)=O)cc2C)ncn1. The number of ketones is 1. The molecule has 0 saturated heterocycles. The molecule has 1 aromatic heterocycles. The Bertz CT molecular complexity index is 907. The van der Waals surface area contributed by atoms with Crippen molar-refractivity contribution in [3.05, 3.63) is 47.4 Å². The summed E-state index contributed by atoms with van der Waals surface area (Å²) in [4.78, 5) is 23.3. The van der Waals surface area contributed by atoms with Gasteiger partial charge in [-0.3, -0.25) is 4.79 Å². The minimum Gasteiger partial charge on any atom is -0.357 e. The van der Waals surface area contributed by atoms with Crippen LogP contribution in [0, 0.1) is 6.92 Å². The van der Waals surface area contributed by atoms with Gasteiger partial charge in [-0.2, -0.15) is 0 Å². The maximum atomic E-state index is 12.7. The molecule has 2 N–H and O–H groups in total. The molecule has 0 spiro atoms. The molecule has 8 heteroatoms. The highest BCUT2D eigenvalue weighted by Crippen LogP contribution is 2.18. The van der Waals surface area contributed by atoms with E-state index in [1.54, 1.807) is 19.1 Å². The Labute approximate surface area is 160 Å². The van der Waals surface area contributed by atoms with Gasteiger partial charge in [0, 0.05) is 25.6 Å². The number of carbonyl (C=O) groups excluding carboxylic acids is 1. The number of hydrogen-bond donors (Lipinski definition) is 1. The van der Waals surface area contributed by atoms with E-state index in [4.69, 9.17) is 5.14 Å². The topological polar surface area (TPSA) is 106 Å². The number of anilines is 1. The standard InChI is InChI=1S/C19H26N4O3S/c1-4-8-23(9-5-2)19-12-17(21-13-22-19)18(24)11-15-6-7-16(10-14(15)3)27(20,25)26/h6-7,10,12-13H,4-5,8-9,11H2,1-3H3,(H2,20,25,26). The second-order valence-electron chi connectivity index (χ2n) is 6.48. The maximum absolute atomic E-state index is 12.7. The Kier molecular flexibility index (Phi) is 7.04. The summed E-state index contributed by atoms with van der Waals surface area (Å²) in [6, 6.07) is 6.24. The van der Waals surface area contributed by atoms with Crippen LogP contribution in [-0.4, -0.2) is 37.3 Å². The summed E-state index contributed by atoms with van der Waals surface area (Å²) in [7, 11) is -3.76. The summed E-state index contributed by atoms with van der Waals surface area (Å²) < 4.78 is 22.9. The van der Waals surface area contributed by atoms with Crippen LogP contribution in [0.25, 0.3) is 0 Å². The first-order chi connectivity index (χ1) is 12.8. The van der Waals surface area contributed by atoms with E-state index in [1.807, 2.05) is 0 Å². The molecule has 0 aliphatic heterocycles. The zero-order chi connectivity index (χ0) is 20.0. The van der Waals surface area contributed by atoms with Crippen molar-refractivity contribution in [3.63, 3.8) is 0 Å². The second kappa shape index (κ2) is 9.05. The summed E-state index contributed by atoms with van der Waals surface area (Å²) in [6.07, 6.45) is 3.53. The van der Waals surface area contributed by atoms with E-state index >= 15 is 0 Å². The number of nitrogens with zero attached hydrogens (tertiary/aromatic N) is 3. The Balaban J connectivity index is 2.22. The number of Topliss-reactive ketones (excluding diaryl/α,β-unsaturated/α-hetero) is 1. The summed E-state index contributed by atoms with van der Waals surface area (Å²) in [6.45, 7) is 7.69. The largest absolute Gasteiger partial charge is 0.357 e. The minimum absolute atomic E-state index is 0.0373. The summed E-state index contributed by atoms with van der Waals surface area (Å²) in [5, 5.41) is 5.15. The maximum Gasteiger partial charge on any atom is 0.238 e. The fraction of sp³-hybridized carbons (Fsp3) is 0.421. The van der Waals surface area contributed by atoms with Crippen LogP contribution >= 0.6 is 0 Å². The van der Waals surface area contributed by atoms with Gasteiger partial charge in [0.2, 0.25) is 10.0 Å². The van der Waals surface area contributed by atoms with Gasteiger partial charge in [0.1, 0.15) is 17.8 Å². The molecule has 0 aliphatic rings. The van der Waals surface area contributed by atoms with E-state index < -0.39 is 10.0 Å². The number of primary sulfonamides is 1. The van der Waals surface area contributed by atoms with E-state index in [2.05, 4.69) is 28.7 Å². The minimum atomic E-state index is -3.76. The summed E-state index contributed by atoms with van der Waals surface area (Å²) in [5.41, 5.74) is 1.79. The van der Waals surface area contributed by atoms with E-state index in [9.17, 15) is 13.2 Å². The highest BCUT2D eigenvalue weighted by atomic mass is 32.2. The van der Waals surface area contributed by atoms with Crippen LogP contribution in [0.4, 0.5) is 5.82 Å². The number of benzene rings is 1. The number of nitrogens with two attached hydrogens (primary N) is 1. The third-order valence-electron chi connectivity index (χ3n) is 4.24. The zero-order valence-electron chi connectivity index (χ0n) is 16.0. The quantitative estimate of drug-likeness (QED) is 0.659. The number of carbonyl (C=O) groups is 1. The van der Waals surface area contributed by atoms with Crippen molar-refractivity contribution < 1.29 is 13.2 Å². The molecule has 0 fully saturated rings.